The van der Waals surface area contributed by atoms with E-state index in [-0.39, 0.29) is 11.5 Å². The molecule has 0 aliphatic rings. The van der Waals surface area contributed by atoms with Crippen molar-refractivity contribution >= 4 is 22.8 Å². The fourth-order valence-electron chi connectivity index (χ4n) is 1.68. The summed E-state index contributed by atoms with van der Waals surface area (Å²) in [4.78, 5) is 24.5. The summed E-state index contributed by atoms with van der Waals surface area (Å²) in [5, 5.41) is 4.58. The number of aromatic amines is 1. The summed E-state index contributed by atoms with van der Waals surface area (Å²) in [6, 6.07) is 7.42. The molecule has 1 heterocycles. The molecule has 2 rings (SSSR count). The highest BCUT2D eigenvalue weighted by Gasteiger charge is 1.95. The van der Waals surface area contributed by atoms with Crippen molar-refractivity contribution in [2.75, 3.05) is 6.54 Å². The molecule has 92 valence electrons. The zero-order valence-corrected chi connectivity index (χ0v) is 10.1. The molecule has 0 saturated carbocycles. The van der Waals surface area contributed by atoms with Crippen LogP contribution in [0.2, 0.25) is 0 Å². The van der Waals surface area contributed by atoms with Crippen LogP contribution in [0.1, 0.15) is 12.5 Å². The van der Waals surface area contributed by atoms with E-state index in [1.54, 1.807) is 12.3 Å². The van der Waals surface area contributed by atoms with E-state index < -0.39 is 0 Å². The van der Waals surface area contributed by atoms with Crippen LogP contribution in [0.15, 0.2) is 41.3 Å². The largest absolute Gasteiger partial charge is 0.353 e. The summed E-state index contributed by atoms with van der Waals surface area (Å²) in [5.74, 6) is -0.0512. The summed E-state index contributed by atoms with van der Waals surface area (Å²) >= 11 is 0. The number of rotatable bonds is 3. The SMILES string of the molecule is CC(=O)NCC=Cc1ccc2c[nH]c(=O)cc2c1. The lowest BCUT2D eigenvalue weighted by molar-refractivity contribution is -0.118. The molecule has 4 heteroatoms. The fourth-order valence-corrected chi connectivity index (χ4v) is 1.68. The van der Waals surface area contributed by atoms with Crippen LogP contribution in [0.5, 0.6) is 0 Å². The second-order valence-electron chi connectivity index (χ2n) is 4.03. The fraction of sp³-hybridized carbons (Fsp3) is 0.143. The van der Waals surface area contributed by atoms with Crippen LogP contribution in [0, 0.1) is 0 Å². The third kappa shape index (κ3) is 3.07. The molecule has 0 aliphatic heterocycles. The maximum atomic E-state index is 11.2. The van der Waals surface area contributed by atoms with Crippen molar-refractivity contribution in [3.05, 3.63) is 52.5 Å². The second kappa shape index (κ2) is 5.31. The summed E-state index contributed by atoms with van der Waals surface area (Å²) in [5.41, 5.74) is 0.889. The van der Waals surface area contributed by atoms with Gasteiger partial charge in [0.15, 0.2) is 0 Å². The van der Waals surface area contributed by atoms with Crippen molar-refractivity contribution in [2.45, 2.75) is 6.92 Å². The van der Waals surface area contributed by atoms with Gasteiger partial charge in [-0.2, -0.15) is 0 Å². The monoisotopic (exact) mass is 242 g/mol. The van der Waals surface area contributed by atoms with Crippen molar-refractivity contribution in [3.63, 3.8) is 0 Å². The highest BCUT2D eigenvalue weighted by molar-refractivity contribution is 5.83. The number of carbonyl (C=O) groups is 1. The van der Waals surface area contributed by atoms with Gasteiger partial charge in [-0.05, 0) is 22.4 Å². The number of H-pyrrole nitrogens is 1. The molecule has 18 heavy (non-hydrogen) atoms. The van der Waals surface area contributed by atoms with Gasteiger partial charge in [-0.3, -0.25) is 9.59 Å². The zero-order valence-electron chi connectivity index (χ0n) is 10.1. The van der Waals surface area contributed by atoms with Gasteiger partial charge in [0.2, 0.25) is 11.5 Å². The normalized spacial score (nSPS) is 10.9. The van der Waals surface area contributed by atoms with Crippen molar-refractivity contribution in [1.82, 2.24) is 10.3 Å². The van der Waals surface area contributed by atoms with Crippen LogP contribution >= 0.6 is 0 Å². The topological polar surface area (TPSA) is 62.0 Å². The molecule has 0 unspecified atom stereocenters. The van der Waals surface area contributed by atoms with Crippen molar-refractivity contribution in [2.24, 2.45) is 0 Å². The Morgan fingerprint density at radius 2 is 2.17 bits per heavy atom. The van der Waals surface area contributed by atoms with E-state index in [0.717, 1.165) is 16.3 Å². The Morgan fingerprint density at radius 1 is 1.33 bits per heavy atom. The van der Waals surface area contributed by atoms with Gasteiger partial charge in [0.05, 0.1) is 0 Å². The van der Waals surface area contributed by atoms with Gasteiger partial charge >= 0.3 is 0 Å². The van der Waals surface area contributed by atoms with E-state index in [1.807, 2.05) is 30.4 Å². The van der Waals surface area contributed by atoms with Crippen LogP contribution in [-0.2, 0) is 4.79 Å². The molecule has 0 saturated heterocycles. The minimum atomic E-state index is -0.109. The Bertz CT molecular complexity index is 656. The van der Waals surface area contributed by atoms with Gasteiger partial charge in [-0.1, -0.05) is 24.3 Å². The number of amides is 1. The summed E-state index contributed by atoms with van der Waals surface area (Å²) in [6.07, 6.45) is 5.48. The van der Waals surface area contributed by atoms with Gasteiger partial charge in [0.25, 0.3) is 0 Å². The number of nitrogens with one attached hydrogen (secondary N) is 2. The Balaban J connectivity index is 2.19. The Kier molecular flexibility index (Phi) is 3.57. The molecule has 0 atom stereocenters. The molecule has 0 fully saturated rings. The van der Waals surface area contributed by atoms with Gasteiger partial charge in [-0.15, -0.1) is 0 Å². The summed E-state index contributed by atoms with van der Waals surface area (Å²) in [6.45, 7) is 1.99. The molecule has 2 aromatic rings. The van der Waals surface area contributed by atoms with Gasteiger partial charge < -0.3 is 10.3 Å². The average molecular weight is 242 g/mol. The van der Waals surface area contributed by atoms with E-state index in [1.165, 1.54) is 6.92 Å². The number of pyridine rings is 1. The van der Waals surface area contributed by atoms with E-state index in [4.69, 9.17) is 0 Å². The van der Waals surface area contributed by atoms with Crippen LogP contribution in [0.4, 0.5) is 0 Å². The maximum Gasteiger partial charge on any atom is 0.248 e. The van der Waals surface area contributed by atoms with E-state index in [9.17, 15) is 9.59 Å². The average Bonchev–Trinajstić information content (AvgIpc) is 2.34. The lowest BCUT2D eigenvalue weighted by Crippen LogP contribution is -2.19. The lowest BCUT2D eigenvalue weighted by atomic mass is 10.1. The quantitative estimate of drug-likeness (QED) is 0.860. The Hall–Kier alpha value is -2.36. The Morgan fingerprint density at radius 3 is 2.94 bits per heavy atom. The minimum absolute atomic E-state index is 0.0512. The molecule has 0 bridgehead atoms. The second-order valence-corrected chi connectivity index (χ2v) is 4.03. The highest BCUT2D eigenvalue weighted by atomic mass is 16.1. The zero-order chi connectivity index (χ0) is 13.0. The number of hydrogen-bond donors (Lipinski definition) is 2. The first-order chi connectivity index (χ1) is 8.65. The maximum absolute atomic E-state index is 11.2. The van der Waals surface area contributed by atoms with Crippen molar-refractivity contribution in [1.29, 1.82) is 0 Å². The standard InChI is InChI=1S/C14H14N2O2/c1-10(17)15-6-2-3-11-4-5-12-9-16-14(18)8-13(12)7-11/h2-5,7-9H,6H2,1H3,(H,15,17)(H,16,18). The number of aromatic nitrogens is 1. The van der Waals surface area contributed by atoms with Crippen molar-refractivity contribution in [3.8, 4) is 0 Å². The van der Waals surface area contributed by atoms with Gasteiger partial charge in [0, 0.05) is 25.7 Å². The Labute approximate surface area is 104 Å². The molecular weight excluding hydrogens is 228 g/mol. The van der Waals surface area contributed by atoms with Crippen LogP contribution in [0.3, 0.4) is 0 Å². The van der Waals surface area contributed by atoms with Crippen LogP contribution in [-0.4, -0.2) is 17.4 Å². The first kappa shape index (κ1) is 12.1. The van der Waals surface area contributed by atoms with Gasteiger partial charge in [-0.25, -0.2) is 0 Å². The number of fused-ring (bicyclic) bond motifs is 1. The van der Waals surface area contributed by atoms with Crippen LogP contribution in [0.25, 0.3) is 16.8 Å². The predicted molar refractivity (Wildman–Crippen MR) is 72.3 cm³/mol. The molecule has 2 N–H and O–H groups in total. The van der Waals surface area contributed by atoms with Crippen LogP contribution < -0.4 is 10.9 Å². The first-order valence-electron chi connectivity index (χ1n) is 5.68. The molecule has 0 spiro atoms. The minimum Gasteiger partial charge on any atom is -0.353 e. The molecule has 4 nitrogen and oxygen atoms in total. The summed E-state index contributed by atoms with van der Waals surface area (Å²) in [7, 11) is 0. The molecule has 1 aromatic heterocycles. The highest BCUT2D eigenvalue weighted by Crippen LogP contribution is 2.14. The van der Waals surface area contributed by atoms with Crippen molar-refractivity contribution < 1.29 is 4.79 Å². The molecule has 0 aliphatic carbocycles. The number of carbonyl (C=O) groups excluding carboxylic acids is 1. The molecule has 0 radical (unpaired) electrons. The third-order valence-corrected chi connectivity index (χ3v) is 2.55. The van der Waals surface area contributed by atoms with E-state index in [2.05, 4.69) is 10.3 Å². The first-order valence-corrected chi connectivity index (χ1v) is 5.68. The predicted octanol–water partition coefficient (Wildman–Crippen LogP) is 1.68. The van der Waals surface area contributed by atoms with E-state index >= 15 is 0 Å². The van der Waals surface area contributed by atoms with Gasteiger partial charge in [0.1, 0.15) is 0 Å². The smallest absolute Gasteiger partial charge is 0.248 e. The molecule has 1 amide bonds. The third-order valence-electron chi connectivity index (χ3n) is 2.55. The number of hydrogen-bond acceptors (Lipinski definition) is 2. The van der Waals surface area contributed by atoms with E-state index in [0.29, 0.717) is 6.54 Å². The lowest BCUT2D eigenvalue weighted by Gasteiger charge is -1.99. The number of benzene rings is 1. The molecular formula is C14H14N2O2. The molecule has 1 aromatic carbocycles. The summed E-state index contributed by atoms with van der Waals surface area (Å²) < 4.78 is 0.